The smallest absolute Gasteiger partial charge is 0.413 e. The van der Waals surface area contributed by atoms with Gasteiger partial charge in [0.25, 0.3) is 0 Å². The van der Waals surface area contributed by atoms with Gasteiger partial charge in [0.2, 0.25) is 0 Å². The minimum Gasteiger partial charge on any atom is -0.493 e. The molecule has 0 saturated heterocycles. The Morgan fingerprint density at radius 3 is 2.81 bits per heavy atom. The lowest BCUT2D eigenvalue weighted by atomic mass is 10.1. The Morgan fingerprint density at radius 2 is 2.03 bits per heavy atom. The number of carbonyl (C=O) groups is 2. The van der Waals surface area contributed by atoms with Crippen LogP contribution in [-0.4, -0.2) is 52.0 Å². The van der Waals surface area contributed by atoms with Crippen molar-refractivity contribution in [1.82, 2.24) is 14.5 Å². The fraction of sp³-hybridized carbons (Fsp3) is 0.286. The summed E-state index contributed by atoms with van der Waals surface area (Å²) < 4.78 is 13.0. The summed E-state index contributed by atoms with van der Waals surface area (Å²) in [6, 6.07) is 17.1. The van der Waals surface area contributed by atoms with Crippen molar-refractivity contribution in [1.29, 1.82) is 0 Å². The second kappa shape index (κ2) is 10.7. The summed E-state index contributed by atoms with van der Waals surface area (Å²) in [5.41, 5.74) is 3.49. The fourth-order valence-corrected chi connectivity index (χ4v) is 4.74. The van der Waals surface area contributed by atoms with Gasteiger partial charge < -0.3 is 19.1 Å². The summed E-state index contributed by atoms with van der Waals surface area (Å²) in [6.45, 7) is 0.875. The maximum atomic E-state index is 12.1. The molecule has 1 unspecified atom stereocenters. The summed E-state index contributed by atoms with van der Waals surface area (Å²) in [4.78, 5) is 34.1. The van der Waals surface area contributed by atoms with E-state index in [2.05, 4.69) is 9.97 Å². The van der Waals surface area contributed by atoms with E-state index in [1.54, 1.807) is 6.20 Å². The Labute approximate surface area is 214 Å². The van der Waals surface area contributed by atoms with Crippen molar-refractivity contribution in [2.45, 2.75) is 31.7 Å². The van der Waals surface area contributed by atoms with Crippen molar-refractivity contribution in [3.63, 3.8) is 0 Å². The van der Waals surface area contributed by atoms with Crippen LogP contribution in [0, 0.1) is 0 Å². The number of hydrogen-bond acceptors (Lipinski definition) is 6. The number of methoxy groups -OCH3 is 1. The lowest BCUT2D eigenvalue weighted by Crippen LogP contribution is -2.35. The molecule has 0 fully saturated rings. The van der Waals surface area contributed by atoms with Crippen LogP contribution in [0.1, 0.15) is 35.8 Å². The SMILES string of the molecule is COC(=O)CC(c1ccccn1)n1ccc2cc(OCCc3ccc4c(n3)N(C(=O)O)CCC4)ccc21. The van der Waals surface area contributed by atoms with Crippen LogP contribution in [0.5, 0.6) is 5.75 Å². The lowest BCUT2D eigenvalue weighted by molar-refractivity contribution is -0.141. The van der Waals surface area contributed by atoms with Gasteiger partial charge >= 0.3 is 12.1 Å². The summed E-state index contributed by atoms with van der Waals surface area (Å²) >= 11 is 0. The average Bonchev–Trinajstić information content (AvgIpc) is 3.34. The molecule has 1 atom stereocenters. The summed E-state index contributed by atoms with van der Waals surface area (Å²) in [7, 11) is 1.39. The molecular weight excluding hydrogens is 472 g/mol. The fourth-order valence-electron chi connectivity index (χ4n) is 4.74. The van der Waals surface area contributed by atoms with E-state index in [-0.39, 0.29) is 18.4 Å². The zero-order valence-electron chi connectivity index (χ0n) is 20.5. The molecular formula is C28H28N4O5. The van der Waals surface area contributed by atoms with E-state index < -0.39 is 6.09 Å². The maximum absolute atomic E-state index is 12.1. The normalized spacial score (nSPS) is 13.7. The van der Waals surface area contributed by atoms with Gasteiger partial charge in [0, 0.05) is 42.0 Å². The Kier molecular flexibility index (Phi) is 7.02. The third kappa shape index (κ3) is 5.25. The first-order valence-corrected chi connectivity index (χ1v) is 12.2. The highest BCUT2D eigenvalue weighted by Crippen LogP contribution is 2.30. The van der Waals surface area contributed by atoms with E-state index >= 15 is 0 Å². The number of fused-ring (bicyclic) bond motifs is 2. The number of amides is 1. The van der Waals surface area contributed by atoms with Crippen LogP contribution in [0.15, 0.2) is 67.0 Å². The number of benzene rings is 1. The zero-order chi connectivity index (χ0) is 25.8. The van der Waals surface area contributed by atoms with E-state index in [9.17, 15) is 14.7 Å². The molecule has 0 spiro atoms. The molecule has 37 heavy (non-hydrogen) atoms. The summed E-state index contributed by atoms with van der Waals surface area (Å²) in [6.07, 6.45) is 5.06. The Balaban J connectivity index is 1.30. The molecule has 1 amide bonds. The molecule has 5 rings (SSSR count). The number of pyridine rings is 2. The summed E-state index contributed by atoms with van der Waals surface area (Å²) in [5.74, 6) is 0.950. The predicted octanol–water partition coefficient (Wildman–Crippen LogP) is 4.64. The van der Waals surface area contributed by atoms with Crippen molar-refractivity contribution in [3.8, 4) is 5.75 Å². The molecule has 9 heteroatoms. The number of aryl methyl sites for hydroxylation is 1. The Hall–Kier alpha value is -4.40. The van der Waals surface area contributed by atoms with Gasteiger partial charge in [0.1, 0.15) is 11.6 Å². The van der Waals surface area contributed by atoms with Crippen LogP contribution in [0.2, 0.25) is 0 Å². The Bertz CT molecular complexity index is 1420. The molecule has 9 nitrogen and oxygen atoms in total. The first-order valence-electron chi connectivity index (χ1n) is 12.2. The molecule has 4 aromatic rings. The van der Waals surface area contributed by atoms with Gasteiger partial charge in [-0.05, 0) is 60.9 Å². The van der Waals surface area contributed by atoms with Gasteiger partial charge in [0.05, 0.1) is 31.9 Å². The molecule has 3 aromatic heterocycles. The van der Waals surface area contributed by atoms with Crippen molar-refractivity contribution < 1.29 is 24.2 Å². The number of esters is 1. The second-order valence-corrected chi connectivity index (χ2v) is 8.92. The number of aromatic nitrogens is 3. The minimum atomic E-state index is -0.973. The van der Waals surface area contributed by atoms with Gasteiger partial charge in [-0.3, -0.25) is 14.7 Å². The molecule has 1 N–H and O–H groups in total. The summed E-state index contributed by atoms with van der Waals surface area (Å²) in [5, 5.41) is 10.5. The molecule has 0 bridgehead atoms. The monoisotopic (exact) mass is 500 g/mol. The highest BCUT2D eigenvalue weighted by molar-refractivity contribution is 5.86. The molecule has 4 heterocycles. The highest BCUT2D eigenvalue weighted by atomic mass is 16.5. The average molecular weight is 501 g/mol. The van der Waals surface area contributed by atoms with Crippen LogP contribution in [-0.2, 0) is 22.4 Å². The van der Waals surface area contributed by atoms with Crippen LogP contribution in [0.3, 0.4) is 0 Å². The number of carbonyl (C=O) groups excluding carboxylic acids is 1. The lowest BCUT2D eigenvalue weighted by Gasteiger charge is -2.26. The molecule has 1 aliphatic rings. The van der Waals surface area contributed by atoms with E-state index in [0.717, 1.165) is 46.4 Å². The van der Waals surface area contributed by atoms with E-state index in [1.165, 1.54) is 12.0 Å². The van der Waals surface area contributed by atoms with E-state index in [4.69, 9.17) is 9.47 Å². The van der Waals surface area contributed by atoms with Crippen LogP contribution in [0.4, 0.5) is 10.6 Å². The predicted molar refractivity (Wildman–Crippen MR) is 138 cm³/mol. The van der Waals surface area contributed by atoms with Crippen molar-refractivity contribution in [2.75, 3.05) is 25.2 Å². The number of rotatable bonds is 8. The van der Waals surface area contributed by atoms with Gasteiger partial charge in [-0.25, -0.2) is 9.78 Å². The van der Waals surface area contributed by atoms with Gasteiger partial charge in [-0.1, -0.05) is 12.1 Å². The van der Waals surface area contributed by atoms with E-state index in [0.29, 0.717) is 25.4 Å². The molecule has 190 valence electrons. The highest BCUT2D eigenvalue weighted by Gasteiger charge is 2.24. The van der Waals surface area contributed by atoms with Crippen molar-refractivity contribution in [3.05, 3.63) is 83.9 Å². The zero-order valence-corrected chi connectivity index (χ0v) is 20.5. The third-order valence-corrected chi connectivity index (χ3v) is 6.60. The molecule has 0 saturated carbocycles. The van der Waals surface area contributed by atoms with E-state index in [1.807, 2.05) is 65.4 Å². The molecule has 1 aromatic carbocycles. The van der Waals surface area contributed by atoms with Crippen molar-refractivity contribution >= 4 is 28.8 Å². The molecule has 0 aliphatic carbocycles. The quantitative estimate of drug-likeness (QED) is 0.351. The second-order valence-electron chi connectivity index (χ2n) is 8.92. The number of hydrogen-bond donors (Lipinski definition) is 1. The van der Waals surface area contributed by atoms with Gasteiger partial charge in [0.15, 0.2) is 0 Å². The van der Waals surface area contributed by atoms with Crippen molar-refractivity contribution in [2.24, 2.45) is 0 Å². The third-order valence-electron chi connectivity index (χ3n) is 6.60. The minimum absolute atomic E-state index is 0.169. The van der Waals surface area contributed by atoms with Crippen LogP contribution >= 0.6 is 0 Å². The maximum Gasteiger partial charge on any atom is 0.413 e. The number of anilines is 1. The standard InChI is InChI=1S/C28H28N4O5/c1-36-26(33)18-25(23-6-2-3-13-29-23)31-15-11-20-17-22(9-10-24(20)31)37-16-12-21-8-7-19-5-4-14-32(28(34)35)27(19)30-21/h2-3,6-11,13,15,17,25H,4-5,12,14,16,18H2,1H3,(H,34,35). The first kappa shape index (κ1) is 24.3. The van der Waals surface area contributed by atoms with Crippen LogP contribution in [0.25, 0.3) is 10.9 Å². The van der Waals surface area contributed by atoms with Crippen LogP contribution < -0.4 is 9.64 Å². The van der Waals surface area contributed by atoms with Gasteiger partial charge in [-0.2, -0.15) is 0 Å². The molecule has 1 aliphatic heterocycles. The van der Waals surface area contributed by atoms with Gasteiger partial charge in [-0.15, -0.1) is 0 Å². The Morgan fingerprint density at radius 1 is 1.14 bits per heavy atom. The largest absolute Gasteiger partial charge is 0.493 e. The topological polar surface area (TPSA) is 107 Å². The number of ether oxygens (including phenoxy) is 2. The number of nitrogens with zero attached hydrogens (tertiary/aromatic N) is 4. The first-order chi connectivity index (χ1) is 18.0. The molecule has 0 radical (unpaired) electrons. The number of carboxylic acid groups (broad SMARTS) is 1.